The van der Waals surface area contributed by atoms with Crippen molar-refractivity contribution in [3.05, 3.63) is 28.2 Å². The summed E-state index contributed by atoms with van der Waals surface area (Å²) in [5, 5.41) is 1.14. The third-order valence-corrected chi connectivity index (χ3v) is 2.41. The minimum absolute atomic E-state index is 0.303. The van der Waals surface area contributed by atoms with Gasteiger partial charge in [-0.25, -0.2) is 0 Å². The first-order valence-electron chi connectivity index (χ1n) is 4.78. The van der Waals surface area contributed by atoms with Gasteiger partial charge in [-0.3, -0.25) is 0 Å². The molecule has 0 aliphatic carbocycles. The maximum absolute atomic E-state index is 5.87. The second-order valence-electron chi connectivity index (χ2n) is 4.01. The number of benzene rings is 1. The van der Waals surface area contributed by atoms with E-state index in [1.165, 1.54) is 0 Å². The highest BCUT2D eigenvalue weighted by molar-refractivity contribution is 6.34. The van der Waals surface area contributed by atoms with Gasteiger partial charge in [0.25, 0.3) is 0 Å². The smallest absolute Gasteiger partial charge is 0.123 e. The third kappa shape index (κ3) is 4.29. The van der Waals surface area contributed by atoms with E-state index in [0.29, 0.717) is 22.3 Å². The van der Waals surface area contributed by atoms with E-state index in [-0.39, 0.29) is 5.60 Å². The average Bonchev–Trinajstić information content (AvgIpc) is 1.99. The predicted molar refractivity (Wildman–Crippen MR) is 64.8 cm³/mol. The fraction of sp³-hybridized carbons (Fsp3) is 0.455. The predicted octanol–water partition coefficient (Wildman–Crippen LogP) is 3.50. The van der Waals surface area contributed by atoms with Crippen LogP contribution in [0.15, 0.2) is 18.2 Å². The highest BCUT2D eigenvalue weighted by atomic mass is 35.5. The lowest BCUT2D eigenvalue weighted by molar-refractivity contribution is 0.102. The summed E-state index contributed by atoms with van der Waals surface area (Å²) in [7, 11) is 0. The molecule has 1 aromatic carbocycles. The van der Waals surface area contributed by atoms with Crippen LogP contribution in [-0.4, -0.2) is 12.1 Å². The molecule has 0 radical (unpaired) electrons. The summed E-state index contributed by atoms with van der Waals surface area (Å²) in [6.45, 7) is 4.55. The Kier molecular flexibility index (Phi) is 4.26. The zero-order valence-corrected chi connectivity index (χ0v) is 10.4. The van der Waals surface area contributed by atoms with Gasteiger partial charge in [0, 0.05) is 10.0 Å². The Labute approximate surface area is 100 Å². The molecule has 0 aliphatic rings. The molecule has 0 fully saturated rings. The fourth-order valence-corrected chi connectivity index (χ4v) is 1.81. The average molecular weight is 248 g/mol. The molecular formula is C11H15Cl2NO. The molecule has 2 nitrogen and oxygen atoms in total. The van der Waals surface area contributed by atoms with Crippen molar-refractivity contribution in [3.8, 4) is 5.75 Å². The van der Waals surface area contributed by atoms with Crippen molar-refractivity contribution in [3.63, 3.8) is 0 Å². The second kappa shape index (κ2) is 5.06. The Bertz CT molecular complexity index is 319. The largest absolute Gasteiger partial charge is 0.488 e. The number of halogens is 2. The van der Waals surface area contributed by atoms with Gasteiger partial charge in [-0.05, 0) is 45.0 Å². The molecule has 0 heterocycles. The molecular weight excluding hydrogens is 233 g/mol. The van der Waals surface area contributed by atoms with E-state index >= 15 is 0 Å². The zero-order chi connectivity index (χ0) is 11.5. The molecule has 15 heavy (non-hydrogen) atoms. The van der Waals surface area contributed by atoms with Gasteiger partial charge >= 0.3 is 0 Å². The van der Waals surface area contributed by atoms with Gasteiger partial charge in [0.05, 0.1) is 0 Å². The highest BCUT2D eigenvalue weighted by Gasteiger charge is 2.18. The van der Waals surface area contributed by atoms with Gasteiger partial charge in [0.2, 0.25) is 0 Å². The van der Waals surface area contributed by atoms with Crippen molar-refractivity contribution in [1.82, 2.24) is 0 Å². The van der Waals surface area contributed by atoms with E-state index in [4.69, 9.17) is 33.7 Å². The lowest BCUT2D eigenvalue weighted by atomic mass is 10.1. The summed E-state index contributed by atoms with van der Waals surface area (Å²) >= 11 is 11.7. The van der Waals surface area contributed by atoms with Crippen LogP contribution in [0.25, 0.3) is 0 Å². The molecule has 0 saturated heterocycles. The number of hydrogen-bond acceptors (Lipinski definition) is 2. The Morgan fingerprint density at radius 2 is 1.73 bits per heavy atom. The summed E-state index contributed by atoms with van der Waals surface area (Å²) < 4.78 is 5.76. The van der Waals surface area contributed by atoms with Gasteiger partial charge in [-0.15, -0.1) is 0 Å². The molecule has 1 aromatic rings. The van der Waals surface area contributed by atoms with Crippen molar-refractivity contribution < 1.29 is 4.74 Å². The lowest BCUT2D eigenvalue weighted by Crippen LogP contribution is -2.31. The topological polar surface area (TPSA) is 35.2 Å². The monoisotopic (exact) mass is 247 g/mol. The van der Waals surface area contributed by atoms with E-state index in [1.807, 2.05) is 13.8 Å². The molecule has 1 rings (SSSR count). The van der Waals surface area contributed by atoms with Crippen LogP contribution in [0.5, 0.6) is 5.75 Å². The second-order valence-corrected chi connectivity index (χ2v) is 4.88. The van der Waals surface area contributed by atoms with E-state index in [9.17, 15) is 0 Å². The molecule has 4 heteroatoms. The summed E-state index contributed by atoms with van der Waals surface area (Å²) in [4.78, 5) is 0. The van der Waals surface area contributed by atoms with Gasteiger partial charge in [0.15, 0.2) is 0 Å². The number of ether oxygens (including phenoxy) is 1. The molecule has 0 unspecified atom stereocenters. The summed E-state index contributed by atoms with van der Waals surface area (Å²) in [5.74, 6) is 0.672. The van der Waals surface area contributed by atoms with Crippen molar-refractivity contribution in [2.75, 3.05) is 6.54 Å². The quantitative estimate of drug-likeness (QED) is 0.884. The van der Waals surface area contributed by atoms with E-state index < -0.39 is 0 Å². The minimum Gasteiger partial charge on any atom is -0.488 e. The van der Waals surface area contributed by atoms with Crippen molar-refractivity contribution >= 4 is 23.2 Å². The molecule has 0 spiro atoms. The van der Waals surface area contributed by atoms with Crippen LogP contribution in [0.1, 0.15) is 20.3 Å². The van der Waals surface area contributed by atoms with E-state index in [0.717, 1.165) is 6.42 Å². The molecule has 0 bridgehead atoms. The first-order valence-corrected chi connectivity index (χ1v) is 5.54. The Hall–Kier alpha value is -0.440. The number of hydrogen-bond donors (Lipinski definition) is 1. The van der Waals surface area contributed by atoms with Crippen molar-refractivity contribution in [2.24, 2.45) is 5.73 Å². The van der Waals surface area contributed by atoms with Crippen LogP contribution in [-0.2, 0) is 0 Å². The maximum Gasteiger partial charge on any atom is 0.123 e. The molecule has 0 amide bonds. The first kappa shape index (κ1) is 12.6. The highest BCUT2D eigenvalue weighted by Crippen LogP contribution is 2.27. The van der Waals surface area contributed by atoms with Crippen molar-refractivity contribution in [2.45, 2.75) is 25.9 Å². The first-order chi connectivity index (χ1) is 6.93. The van der Waals surface area contributed by atoms with Gasteiger partial charge in [-0.2, -0.15) is 0 Å². The Balaban J connectivity index is 2.80. The molecule has 0 aliphatic heterocycles. The summed E-state index contributed by atoms with van der Waals surface area (Å²) in [5.41, 5.74) is 5.19. The standard InChI is InChI=1S/C11H15Cl2NO/c1-11(2,3-4-14)15-10-6-8(12)5-9(13)7-10/h5-7H,3-4,14H2,1-2H3. The number of rotatable bonds is 4. The van der Waals surface area contributed by atoms with Gasteiger partial charge < -0.3 is 10.5 Å². The normalized spacial score (nSPS) is 11.5. The molecule has 84 valence electrons. The van der Waals surface area contributed by atoms with Crippen LogP contribution in [0, 0.1) is 0 Å². The number of nitrogens with two attached hydrogens (primary N) is 1. The van der Waals surface area contributed by atoms with Crippen LogP contribution >= 0.6 is 23.2 Å². The summed E-state index contributed by atoms with van der Waals surface area (Å²) in [6, 6.07) is 5.16. The Morgan fingerprint density at radius 1 is 1.20 bits per heavy atom. The van der Waals surface area contributed by atoms with Crippen LogP contribution < -0.4 is 10.5 Å². The zero-order valence-electron chi connectivity index (χ0n) is 8.89. The van der Waals surface area contributed by atoms with E-state index in [2.05, 4.69) is 0 Å². The minimum atomic E-state index is -0.303. The van der Waals surface area contributed by atoms with Gasteiger partial charge in [0.1, 0.15) is 11.4 Å². The van der Waals surface area contributed by atoms with Crippen LogP contribution in [0.2, 0.25) is 10.0 Å². The molecule has 0 atom stereocenters. The van der Waals surface area contributed by atoms with E-state index in [1.54, 1.807) is 18.2 Å². The summed E-state index contributed by atoms with van der Waals surface area (Å²) in [6.07, 6.45) is 0.775. The maximum atomic E-state index is 5.87. The van der Waals surface area contributed by atoms with Crippen LogP contribution in [0.4, 0.5) is 0 Å². The molecule has 0 aromatic heterocycles. The van der Waals surface area contributed by atoms with Gasteiger partial charge in [-0.1, -0.05) is 23.2 Å². The SMILES string of the molecule is CC(C)(CCN)Oc1cc(Cl)cc(Cl)c1. The molecule has 2 N–H and O–H groups in total. The third-order valence-electron chi connectivity index (χ3n) is 1.98. The molecule has 0 saturated carbocycles. The Morgan fingerprint density at radius 3 is 2.20 bits per heavy atom. The fourth-order valence-electron chi connectivity index (χ4n) is 1.31. The van der Waals surface area contributed by atoms with Crippen molar-refractivity contribution in [1.29, 1.82) is 0 Å². The lowest BCUT2D eigenvalue weighted by Gasteiger charge is -2.26. The van der Waals surface area contributed by atoms with Crippen LogP contribution in [0.3, 0.4) is 0 Å².